The summed E-state index contributed by atoms with van der Waals surface area (Å²) in [5.74, 6) is -0.951. The first-order valence-corrected chi connectivity index (χ1v) is 3.45. The molecular formula is C7H14O4. The van der Waals surface area contributed by atoms with Crippen molar-refractivity contribution >= 4 is 5.97 Å². The molecule has 0 amide bonds. The number of rotatable bonds is 5. The summed E-state index contributed by atoms with van der Waals surface area (Å²) in [6.07, 6.45) is -0.815. The van der Waals surface area contributed by atoms with Gasteiger partial charge in [-0.25, -0.2) is 4.79 Å². The van der Waals surface area contributed by atoms with Crippen molar-refractivity contribution in [1.82, 2.24) is 0 Å². The van der Waals surface area contributed by atoms with Crippen LogP contribution in [0.15, 0.2) is 0 Å². The van der Waals surface area contributed by atoms with Gasteiger partial charge in [-0.15, -0.1) is 0 Å². The van der Waals surface area contributed by atoms with Crippen LogP contribution in [0.5, 0.6) is 0 Å². The zero-order valence-corrected chi connectivity index (χ0v) is 7.03. The lowest BCUT2D eigenvalue weighted by atomic mass is 10.4. The zero-order valence-electron chi connectivity index (χ0n) is 7.03. The summed E-state index contributed by atoms with van der Waals surface area (Å²) in [6, 6.07) is 0. The van der Waals surface area contributed by atoms with Gasteiger partial charge in [-0.1, -0.05) is 0 Å². The van der Waals surface area contributed by atoms with E-state index in [-0.39, 0.29) is 6.10 Å². The summed E-state index contributed by atoms with van der Waals surface area (Å²) in [5, 5.41) is 8.40. The Morgan fingerprint density at radius 1 is 1.55 bits per heavy atom. The molecule has 0 aromatic heterocycles. The van der Waals surface area contributed by atoms with E-state index < -0.39 is 12.1 Å². The summed E-state index contributed by atoms with van der Waals surface area (Å²) < 4.78 is 9.79. The zero-order chi connectivity index (χ0) is 8.85. The van der Waals surface area contributed by atoms with E-state index in [0.717, 1.165) is 0 Å². The number of carbonyl (C=O) groups is 1. The molecule has 0 rings (SSSR count). The van der Waals surface area contributed by atoms with Crippen LogP contribution in [-0.4, -0.2) is 37.0 Å². The van der Waals surface area contributed by atoms with Gasteiger partial charge in [0.25, 0.3) is 0 Å². The first-order valence-electron chi connectivity index (χ1n) is 3.45. The first-order chi connectivity index (χ1) is 5.07. The van der Waals surface area contributed by atoms with E-state index in [1.807, 2.05) is 6.92 Å². The van der Waals surface area contributed by atoms with Crippen molar-refractivity contribution in [3.63, 3.8) is 0 Å². The molecule has 1 unspecified atom stereocenters. The van der Waals surface area contributed by atoms with Crippen molar-refractivity contribution < 1.29 is 19.4 Å². The molecule has 0 aromatic rings. The Labute approximate surface area is 66.1 Å². The number of carboxylic acid groups (broad SMARTS) is 1. The lowest BCUT2D eigenvalue weighted by molar-refractivity contribution is -0.150. The van der Waals surface area contributed by atoms with Crippen molar-refractivity contribution in [2.75, 3.05) is 13.7 Å². The van der Waals surface area contributed by atoms with Gasteiger partial charge in [0.1, 0.15) is 0 Å². The maximum absolute atomic E-state index is 10.2. The van der Waals surface area contributed by atoms with Gasteiger partial charge < -0.3 is 14.6 Å². The average Bonchev–Trinajstić information content (AvgIpc) is 1.99. The van der Waals surface area contributed by atoms with Crippen LogP contribution in [0.3, 0.4) is 0 Å². The Hall–Kier alpha value is -0.610. The molecule has 0 radical (unpaired) electrons. The van der Waals surface area contributed by atoms with Gasteiger partial charge in [-0.2, -0.15) is 0 Å². The second-order valence-corrected chi connectivity index (χ2v) is 2.36. The summed E-state index contributed by atoms with van der Waals surface area (Å²) in [6.45, 7) is 3.61. The third kappa shape index (κ3) is 4.75. The molecule has 4 nitrogen and oxygen atoms in total. The lowest BCUT2D eigenvalue weighted by Crippen LogP contribution is -2.25. The highest BCUT2D eigenvalue weighted by atomic mass is 16.5. The van der Waals surface area contributed by atoms with Crippen LogP contribution >= 0.6 is 0 Å². The molecule has 0 saturated carbocycles. The van der Waals surface area contributed by atoms with E-state index in [9.17, 15) is 4.79 Å². The third-order valence-electron chi connectivity index (χ3n) is 1.33. The molecule has 4 heteroatoms. The second-order valence-electron chi connectivity index (χ2n) is 2.36. The lowest BCUT2D eigenvalue weighted by Gasteiger charge is -2.12. The quantitative estimate of drug-likeness (QED) is 0.640. The Morgan fingerprint density at radius 2 is 2.09 bits per heavy atom. The minimum absolute atomic E-state index is 0.0585. The molecule has 66 valence electrons. The number of hydrogen-bond acceptors (Lipinski definition) is 3. The standard InChI is InChI=1S/C7H14O4/c1-5(10-3)4-11-6(2)7(8)9/h5-6H,4H2,1-3H3,(H,8,9)/t5?,6-/m1/s1. The maximum Gasteiger partial charge on any atom is 0.332 e. The first kappa shape index (κ1) is 10.4. The van der Waals surface area contributed by atoms with Crippen molar-refractivity contribution in [1.29, 1.82) is 0 Å². The molecule has 0 bridgehead atoms. The van der Waals surface area contributed by atoms with Crippen LogP contribution in [0.25, 0.3) is 0 Å². The van der Waals surface area contributed by atoms with Crippen LogP contribution in [0, 0.1) is 0 Å². The average molecular weight is 162 g/mol. The van der Waals surface area contributed by atoms with Crippen molar-refractivity contribution in [2.24, 2.45) is 0 Å². The molecule has 0 spiro atoms. The summed E-state index contributed by atoms with van der Waals surface area (Å²) in [4.78, 5) is 10.2. The number of ether oxygens (including phenoxy) is 2. The predicted molar refractivity (Wildman–Crippen MR) is 39.5 cm³/mol. The van der Waals surface area contributed by atoms with E-state index in [1.54, 1.807) is 7.11 Å². The largest absolute Gasteiger partial charge is 0.479 e. The molecule has 2 atom stereocenters. The number of hydrogen-bond donors (Lipinski definition) is 1. The summed E-state index contributed by atoms with van der Waals surface area (Å²) >= 11 is 0. The fraction of sp³-hybridized carbons (Fsp3) is 0.857. The molecule has 11 heavy (non-hydrogen) atoms. The van der Waals surface area contributed by atoms with Crippen molar-refractivity contribution in [2.45, 2.75) is 26.1 Å². The van der Waals surface area contributed by atoms with E-state index in [4.69, 9.17) is 14.6 Å². The Morgan fingerprint density at radius 3 is 2.45 bits per heavy atom. The van der Waals surface area contributed by atoms with E-state index in [0.29, 0.717) is 6.61 Å². The fourth-order valence-electron chi connectivity index (χ4n) is 0.419. The van der Waals surface area contributed by atoms with Crippen molar-refractivity contribution in [3.05, 3.63) is 0 Å². The van der Waals surface area contributed by atoms with Gasteiger partial charge in [0.2, 0.25) is 0 Å². The molecular weight excluding hydrogens is 148 g/mol. The monoisotopic (exact) mass is 162 g/mol. The Bertz CT molecular complexity index is 124. The molecule has 0 aliphatic carbocycles. The molecule has 0 saturated heterocycles. The number of methoxy groups -OCH3 is 1. The minimum Gasteiger partial charge on any atom is -0.479 e. The van der Waals surface area contributed by atoms with Gasteiger partial charge in [-0.05, 0) is 13.8 Å². The van der Waals surface area contributed by atoms with E-state index in [2.05, 4.69) is 0 Å². The number of aliphatic carboxylic acids is 1. The molecule has 0 aromatic carbocycles. The van der Waals surface area contributed by atoms with E-state index >= 15 is 0 Å². The van der Waals surface area contributed by atoms with Gasteiger partial charge in [-0.3, -0.25) is 0 Å². The SMILES string of the molecule is COC(C)CO[C@H](C)C(=O)O. The Balaban J connectivity index is 3.45. The van der Waals surface area contributed by atoms with Gasteiger partial charge in [0.15, 0.2) is 6.10 Å². The maximum atomic E-state index is 10.2. The van der Waals surface area contributed by atoms with Crippen LogP contribution in [-0.2, 0) is 14.3 Å². The normalized spacial score (nSPS) is 15.9. The van der Waals surface area contributed by atoms with Gasteiger partial charge in [0.05, 0.1) is 12.7 Å². The van der Waals surface area contributed by atoms with Crippen molar-refractivity contribution in [3.8, 4) is 0 Å². The minimum atomic E-state index is -0.951. The molecule has 1 N–H and O–H groups in total. The topological polar surface area (TPSA) is 55.8 Å². The molecule has 0 fully saturated rings. The predicted octanol–water partition coefficient (Wildman–Crippen LogP) is 0.511. The highest BCUT2D eigenvalue weighted by molar-refractivity contribution is 5.71. The fourth-order valence-corrected chi connectivity index (χ4v) is 0.419. The van der Waals surface area contributed by atoms with Crippen LogP contribution in [0.1, 0.15) is 13.8 Å². The highest BCUT2D eigenvalue weighted by Gasteiger charge is 2.11. The smallest absolute Gasteiger partial charge is 0.332 e. The van der Waals surface area contributed by atoms with Crippen LogP contribution in [0.4, 0.5) is 0 Å². The second kappa shape index (κ2) is 5.09. The molecule has 0 heterocycles. The summed E-state index contributed by atoms with van der Waals surface area (Å²) in [7, 11) is 1.56. The van der Waals surface area contributed by atoms with Gasteiger partial charge in [0, 0.05) is 7.11 Å². The number of carboxylic acids is 1. The third-order valence-corrected chi connectivity index (χ3v) is 1.33. The Kier molecular flexibility index (Phi) is 4.81. The highest BCUT2D eigenvalue weighted by Crippen LogP contribution is 1.94. The van der Waals surface area contributed by atoms with Gasteiger partial charge >= 0.3 is 5.97 Å². The molecule has 0 aliphatic rings. The van der Waals surface area contributed by atoms with E-state index in [1.165, 1.54) is 6.92 Å². The van der Waals surface area contributed by atoms with Crippen LogP contribution < -0.4 is 0 Å². The summed E-state index contributed by atoms with van der Waals surface area (Å²) in [5.41, 5.74) is 0. The van der Waals surface area contributed by atoms with Crippen LogP contribution in [0.2, 0.25) is 0 Å². The molecule has 0 aliphatic heterocycles.